The number of nitrogens with one attached hydrogen (secondary N) is 1. The second kappa shape index (κ2) is 7.32. The number of benzene rings is 1. The van der Waals surface area contributed by atoms with Crippen LogP contribution in [0.4, 0.5) is 8.78 Å². The molecule has 21 heavy (non-hydrogen) atoms. The summed E-state index contributed by atoms with van der Waals surface area (Å²) < 4.78 is 33.7. The maximum Gasteiger partial charge on any atom is 0.128 e. The molecule has 2 rings (SSSR count). The molecule has 1 aromatic carbocycles. The highest BCUT2D eigenvalue weighted by Gasteiger charge is 2.41. The Hall–Kier alpha value is -1.00. The third-order valence-electron chi connectivity index (χ3n) is 4.50. The summed E-state index contributed by atoms with van der Waals surface area (Å²) in [5, 5.41) is 3.38. The Morgan fingerprint density at radius 3 is 2.57 bits per heavy atom. The first kappa shape index (κ1) is 16.4. The minimum Gasteiger partial charge on any atom is -0.376 e. The summed E-state index contributed by atoms with van der Waals surface area (Å²) in [5.74, 6) is -0.774. The number of methoxy groups -OCH3 is 1. The van der Waals surface area contributed by atoms with Crippen molar-refractivity contribution in [2.24, 2.45) is 0 Å². The fraction of sp³-hybridized carbons (Fsp3) is 0.647. The fourth-order valence-corrected chi connectivity index (χ4v) is 3.36. The minimum absolute atomic E-state index is 0.307. The molecule has 0 saturated heterocycles. The van der Waals surface area contributed by atoms with Crippen LogP contribution >= 0.6 is 0 Å². The van der Waals surface area contributed by atoms with Gasteiger partial charge in [0.1, 0.15) is 11.6 Å². The quantitative estimate of drug-likeness (QED) is 0.842. The first-order valence-electron chi connectivity index (χ1n) is 7.86. The molecule has 2 nitrogen and oxygen atoms in total. The van der Waals surface area contributed by atoms with E-state index in [1.54, 1.807) is 7.11 Å². The topological polar surface area (TPSA) is 21.3 Å². The number of halogens is 2. The molecule has 0 aromatic heterocycles. The lowest BCUT2D eigenvalue weighted by Gasteiger charge is -2.43. The van der Waals surface area contributed by atoms with Crippen LogP contribution in [0.2, 0.25) is 0 Å². The lowest BCUT2D eigenvalue weighted by Crippen LogP contribution is -2.47. The zero-order chi connectivity index (χ0) is 15.3. The Kier molecular flexibility index (Phi) is 5.71. The molecule has 1 aliphatic rings. The van der Waals surface area contributed by atoms with Gasteiger partial charge in [0.05, 0.1) is 11.6 Å². The SMILES string of the molecule is CCCNC(c1cc(F)ccc1F)C1(OC)CCCCC1. The van der Waals surface area contributed by atoms with E-state index >= 15 is 0 Å². The van der Waals surface area contributed by atoms with Gasteiger partial charge in [-0.1, -0.05) is 26.2 Å². The van der Waals surface area contributed by atoms with Crippen molar-refractivity contribution >= 4 is 0 Å². The van der Waals surface area contributed by atoms with E-state index in [1.165, 1.54) is 18.6 Å². The van der Waals surface area contributed by atoms with Gasteiger partial charge >= 0.3 is 0 Å². The summed E-state index contributed by atoms with van der Waals surface area (Å²) in [6.45, 7) is 2.82. The number of hydrogen-bond donors (Lipinski definition) is 1. The molecular formula is C17H25F2NO. The van der Waals surface area contributed by atoms with Crippen molar-refractivity contribution < 1.29 is 13.5 Å². The maximum atomic E-state index is 14.2. The Balaban J connectivity index is 2.38. The van der Waals surface area contributed by atoms with Crippen molar-refractivity contribution in [1.29, 1.82) is 0 Å². The highest BCUT2D eigenvalue weighted by atomic mass is 19.1. The average Bonchev–Trinajstić information content (AvgIpc) is 2.51. The van der Waals surface area contributed by atoms with Gasteiger partial charge < -0.3 is 10.1 Å². The van der Waals surface area contributed by atoms with Gasteiger partial charge in [-0.25, -0.2) is 8.78 Å². The van der Waals surface area contributed by atoms with Gasteiger partial charge in [-0.2, -0.15) is 0 Å². The molecule has 1 unspecified atom stereocenters. The van der Waals surface area contributed by atoms with E-state index in [4.69, 9.17) is 4.74 Å². The molecule has 0 bridgehead atoms. The van der Waals surface area contributed by atoms with Gasteiger partial charge in [0.15, 0.2) is 0 Å². The van der Waals surface area contributed by atoms with Gasteiger partial charge in [-0.3, -0.25) is 0 Å². The van der Waals surface area contributed by atoms with Crippen molar-refractivity contribution in [3.8, 4) is 0 Å². The predicted octanol–water partition coefficient (Wildman–Crippen LogP) is 4.35. The van der Waals surface area contributed by atoms with Crippen LogP contribution in [0.5, 0.6) is 0 Å². The van der Waals surface area contributed by atoms with Crippen molar-refractivity contribution in [1.82, 2.24) is 5.32 Å². The third kappa shape index (κ3) is 3.61. The van der Waals surface area contributed by atoms with Crippen LogP contribution in [0.15, 0.2) is 18.2 Å². The molecule has 0 radical (unpaired) electrons. The number of rotatable bonds is 6. The van der Waals surface area contributed by atoms with Gasteiger partial charge in [0.2, 0.25) is 0 Å². The Bertz CT molecular complexity index is 458. The van der Waals surface area contributed by atoms with Crippen LogP contribution in [-0.4, -0.2) is 19.3 Å². The summed E-state index contributed by atoms with van der Waals surface area (Å²) in [6, 6.07) is 3.37. The highest BCUT2D eigenvalue weighted by molar-refractivity contribution is 5.26. The highest BCUT2D eigenvalue weighted by Crippen LogP contribution is 2.42. The monoisotopic (exact) mass is 297 g/mol. The van der Waals surface area contributed by atoms with Gasteiger partial charge in [-0.05, 0) is 44.0 Å². The fourth-order valence-electron chi connectivity index (χ4n) is 3.36. The standard InChI is InChI=1S/C17H25F2NO/c1-3-11-20-16(14-12-13(18)7-8-15(14)19)17(21-2)9-5-4-6-10-17/h7-8,12,16,20H,3-6,9-11H2,1-2H3. The molecular weight excluding hydrogens is 272 g/mol. The van der Waals surface area contributed by atoms with Crippen LogP contribution in [0, 0.1) is 11.6 Å². The molecule has 0 amide bonds. The van der Waals surface area contributed by atoms with Crippen LogP contribution in [0.3, 0.4) is 0 Å². The van der Waals surface area contributed by atoms with E-state index in [-0.39, 0.29) is 11.9 Å². The zero-order valence-electron chi connectivity index (χ0n) is 12.9. The van der Waals surface area contributed by atoms with Crippen molar-refractivity contribution in [3.63, 3.8) is 0 Å². The predicted molar refractivity (Wildman–Crippen MR) is 80.2 cm³/mol. The zero-order valence-corrected chi connectivity index (χ0v) is 12.9. The van der Waals surface area contributed by atoms with E-state index in [0.29, 0.717) is 5.56 Å². The van der Waals surface area contributed by atoms with Crippen molar-refractivity contribution in [2.45, 2.75) is 57.1 Å². The van der Waals surface area contributed by atoms with Crippen LogP contribution in [0.25, 0.3) is 0 Å². The van der Waals surface area contributed by atoms with Gasteiger partial charge in [0, 0.05) is 12.7 Å². The Morgan fingerprint density at radius 2 is 1.95 bits per heavy atom. The van der Waals surface area contributed by atoms with E-state index in [0.717, 1.165) is 44.7 Å². The van der Waals surface area contributed by atoms with Gasteiger partial charge in [-0.15, -0.1) is 0 Å². The first-order chi connectivity index (χ1) is 10.1. The molecule has 0 heterocycles. The summed E-state index contributed by atoms with van der Waals surface area (Å²) in [6.07, 6.45) is 6.00. The molecule has 0 aliphatic heterocycles. The molecule has 1 aliphatic carbocycles. The Morgan fingerprint density at radius 1 is 1.24 bits per heavy atom. The summed E-state index contributed by atoms with van der Waals surface area (Å²) >= 11 is 0. The lowest BCUT2D eigenvalue weighted by molar-refractivity contribution is -0.0695. The molecule has 1 aromatic rings. The average molecular weight is 297 g/mol. The summed E-state index contributed by atoms with van der Waals surface area (Å²) in [7, 11) is 1.68. The smallest absolute Gasteiger partial charge is 0.128 e. The second-order valence-electron chi connectivity index (χ2n) is 5.88. The van der Waals surface area contributed by atoms with E-state index in [2.05, 4.69) is 12.2 Å². The summed E-state index contributed by atoms with van der Waals surface area (Å²) in [4.78, 5) is 0. The maximum absolute atomic E-state index is 14.2. The normalized spacial score (nSPS) is 19.4. The van der Waals surface area contributed by atoms with E-state index < -0.39 is 11.4 Å². The number of hydrogen-bond acceptors (Lipinski definition) is 2. The molecule has 1 atom stereocenters. The van der Waals surface area contributed by atoms with Crippen molar-refractivity contribution in [3.05, 3.63) is 35.4 Å². The second-order valence-corrected chi connectivity index (χ2v) is 5.88. The largest absolute Gasteiger partial charge is 0.376 e. The minimum atomic E-state index is -0.442. The first-order valence-corrected chi connectivity index (χ1v) is 7.86. The van der Waals surface area contributed by atoms with E-state index in [9.17, 15) is 8.78 Å². The lowest BCUT2D eigenvalue weighted by atomic mass is 9.76. The molecule has 1 fully saturated rings. The van der Waals surface area contributed by atoms with Crippen LogP contribution < -0.4 is 5.32 Å². The van der Waals surface area contributed by atoms with Crippen LogP contribution in [-0.2, 0) is 4.74 Å². The molecule has 4 heteroatoms. The van der Waals surface area contributed by atoms with Crippen LogP contribution in [0.1, 0.15) is 57.1 Å². The molecule has 0 spiro atoms. The van der Waals surface area contributed by atoms with Gasteiger partial charge in [0.25, 0.3) is 0 Å². The third-order valence-corrected chi connectivity index (χ3v) is 4.50. The van der Waals surface area contributed by atoms with E-state index in [1.807, 2.05) is 0 Å². The number of ether oxygens (including phenoxy) is 1. The molecule has 118 valence electrons. The molecule has 1 N–H and O–H groups in total. The molecule has 1 saturated carbocycles. The Labute approximate surface area is 125 Å². The summed E-state index contributed by atoms with van der Waals surface area (Å²) in [5.41, 5.74) is -0.0607. The van der Waals surface area contributed by atoms with Crippen molar-refractivity contribution in [2.75, 3.05) is 13.7 Å².